The molecule has 0 amide bonds. The molecule has 0 aliphatic heterocycles. The largest absolute Gasteiger partial charge is 0.330 e. The van der Waals surface area contributed by atoms with Gasteiger partial charge in [-0.25, -0.2) is 9.97 Å². The first-order valence-electron chi connectivity index (χ1n) is 5.64. The number of aryl methyl sites for hydroxylation is 3. The Balaban J connectivity index is 2.41. The Labute approximate surface area is 95.7 Å². The zero-order valence-corrected chi connectivity index (χ0v) is 9.83. The molecule has 2 aromatic rings. The van der Waals surface area contributed by atoms with Crippen LogP contribution in [0.25, 0.3) is 11.0 Å². The van der Waals surface area contributed by atoms with E-state index in [1.54, 1.807) is 0 Å². The second-order valence-corrected chi connectivity index (χ2v) is 4.11. The molecular weight excluding hydrogens is 198 g/mol. The van der Waals surface area contributed by atoms with E-state index in [2.05, 4.69) is 22.1 Å². The van der Waals surface area contributed by atoms with Crippen molar-refractivity contribution in [3.8, 4) is 0 Å². The third-order valence-electron chi connectivity index (χ3n) is 2.81. The molecule has 3 heteroatoms. The number of hydrogen-bond donors (Lipinski definition) is 1. The van der Waals surface area contributed by atoms with Crippen molar-refractivity contribution in [1.82, 2.24) is 9.97 Å². The summed E-state index contributed by atoms with van der Waals surface area (Å²) in [4.78, 5) is 9.06. The number of hydrogen-bond acceptors (Lipinski definition) is 3. The van der Waals surface area contributed by atoms with Crippen molar-refractivity contribution in [3.05, 3.63) is 35.2 Å². The van der Waals surface area contributed by atoms with Gasteiger partial charge in [0.25, 0.3) is 0 Å². The van der Waals surface area contributed by atoms with Gasteiger partial charge in [-0.3, -0.25) is 0 Å². The molecule has 0 saturated carbocycles. The van der Waals surface area contributed by atoms with Gasteiger partial charge in [0.1, 0.15) is 0 Å². The first-order chi connectivity index (χ1) is 7.70. The van der Waals surface area contributed by atoms with Gasteiger partial charge in [-0.1, -0.05) is 6.07 Å². The number of benzene rings is 1. The lowest BCUT2D eigenvalue weighted by molar-refractivity contribution is 0.833. The van der Waals surface area contributed by atoms with Crippen molar-refractivity contribution in [2.45, 2.75) is 26.7 Å². The molecule has 0 fully saturated rings. The Bertz CT molecular complexity index is 506. The van der Waals surface area contributed by atoms with E-state index in [0.29, 0.717) is 0 Å². The summed E-state index contributed by atoms with van der Waals surface area (Å²) >= 11 is 0. The molecule has 3 nitrogen and oxygen atoms in total. The topological polar surface area (TPSA) is 51.8 Å². The predicted molar refractivity (Wildman–Crippen MR) is 66.4 cm³/mol. The van der Waals surface area contributed by atoms with E-state index < -0.39 is 0 Å². The van der Waals surface area contributed by atoms with Gasteiger partial charge in [-0.2, -0.15) is 0 Å². The van der Waals surface area contributed by atoms with Crippen LogP contribution in [0.3, 0.4) is 0 Å². The van der Waals surface area contributed by atoms with Crippen LogP contribution in [0.4, 0.5) is 0 Å². The summed E-state index contributed by atoms with van der Waals surface area (Å²) in [5.74, 6) is 0. The number of nitrogens with zero attached hydrogens (tertiary/aromatic N) is 2. The molecule has 0 aliphatic carbocycles. The fraction of sp³-hybridized carbons (Fsp3) is 0.385. The van der Waals surface area contributed by atoms with E-state index in [4.69, 9.17) is 5.73 Å². The van der Waals surface area contributed by atoms with Crippen LogP contribution >= 0.6 is 0 Å². The van der Waals surface area contributed by atoms with E-state index in [1.165, 1.54) is 5.56 Å². The average molecular weight is 215 g/mol. The normalized spacial score (nSPS) is 10.9. The highest BCUT2D eigenvalue weighted by molar-refractivity contribution is 5.75. The summed E-state index contributed by atoms with van der Waals surface area (Å²) < 4.78 is 0. The van der Waals surface area contributed by atoms with Gasteiger partial charge < -0.3 is 5.73 Å². The zero-order chi connectivity index (χ0) is 11.5. The van der Waals surface area contributed by atoms with Crippen LogP contribution in [-0.2, 0) is 6.42 Å². The third-order valence-corrected chi connectivity index (χ3v) is 2.81. The fourth-order valence-electron chi connectivity index (χ4n) is 1.74. The van der Waals surface area contributed by atoms with Crippen LogP contribution in [0.1, 0.15) is 23.4 Å². The maximum atomic E-state index is 5.51. The minimum Gasteiger partial charge on any atom is -0.330 e. The molecule has 0 radical (unpaired) electrons. The van der Waals surface area contributed by atoms with Crippen LogP contribution in [0.5, 0.6) is 0 Å². The van der Waals surface area contributed by atoms with Gasteiger partial charge in [0.15, 0.2) is 0 Å². The highest BCUT2D eigenvalue weighted by Crippen LogP contribution is 2.15. The molecule has 1 aromatic carbocycles. The molecule has 0 spiro atoms. The number of rotatable bonds is 3. The van der Waals surface area contributed by atoms with E-state index >= 15 is 0 Å². The van der Waals surface area contributed by atoms with Gasteiger partial charge in [-0.15, -0.1) is 0 Å². The Hall–Kier alpha value is -1.48. The van der Waals surface area contributed by atoms with Crippen LogP contribution in [0.2, 0.25) is 0 Å². The van der Waals surface area contributed by atoms with Gasteiger partial charge in [0.2, 0.25) is 0 Å². The van der Waals surface area contributed by atoms with E-state index in [1.807, 2.05) is 19.9 Å². The van der Waals surface area contributed by atoms with Crippen molar-refractivity contribution >= 4 is 11.0 Å². The van der Waals surface area contributed by atoms with Gasteiger partial charge in [-0.05, 0) is 50.9 Å². The maximum absolute atomic E-state index is 5.51. The minimum absolute atomic E-state index is 0.733. The smallest absolute Gasteiger partial charge is 0.0892 e. The van der Waals surface area contributed by atoms with E-state index in [-0.39, 0.29) is 0 Å². The second-order valence-electron chi connectivity index (χ2n) is 4.11. The van der Waals surface area contributed by atoms with Crippen LogP contribution in [0.15, 0.2) is 18.2 Å². The minimum atomic E-state index is 0.733. The molecule has 1 aromatic heterocycles. The number of fused-ring (bicyclic) bond motifs is 1. The highest BCUT2D eigenvalue weighted by atomic mass is 14.8. The fourth-order valence-corrected chi connectivity index (χ4v) is 1.74. The van der Waals surface area contributed by atoms with Crippen molar-refractivity contribution in [2.75, 3.05) is 6.54 Å². The van der Waals surface area contributed by atoms with Gasteiger partial charge in [0, 0.05) is 0 Å². The van der Waals surface area contributed by atoms with Crippen molar-refractivity contribution in [2.24, 2.45) is 5.73 Å². The summed E-state index contributed by atoms with van der Waals surface area (Å²) in [7, 11) is 0. The molecule has 0 aliphatic rings. The van der Waals surface area contributed by atoms with Crippen molar-refractivity contribution < 1.29 is 0 Å². The van der Waals surface area contributed by atoms with Crippen LogP contribution < -0.4 is 5.73 Å². The molecule has 16 heavy (non-hydrogen) atoms. The standard InChI is InChI=1S/C13H17N3/c1-9-10(2)16-13-8-11(4-3-7-14)5-6-12(13)15-9/h5-6,8H,3-4,7,14H2,1-2H3. The lowest BCUT2D eigenvalue weighted by atomic mass is 10.1. The number of nitrogens with two attached hydrogens (primary N) is 1. The Kier molecular flexibility index (Phi) is 3.15. The Morgan fingerprint density at radius 3 is 2.44 bits per heavy atom. The van der Waals surface area contributed by atoms with Crippen molar-refractivity contribution in [3.63, 3.8) is 0 Å². The summed E-state index contributed by atoms with van der Waals surface area (Å²) in [5.41, 5.74) is 10.8. The van der Waals surface area contributed by atoms with Crippen LogP contribution in [0, 0.1) is 13.8 Å². The Morgan fingerprint density at radius 1 is 1.06 bits per heavy atom. The highest BCUT2D eigenvalue weighted by Gasteiger charge is 2.02. The summed E-state index contributed by atoms with van der Waals surface area (Å²) in [6.07, 6.45) is 2.03. The van der Waals surface area contributed by atoms with Crippen LogP contribution in [-0.4, -0.2) is 16.5 Å². The predicted octanol–water partition coefficient (Wildman–Crippen LogP) is 2.14. The average Bonchev–Trinajstić information content (AvgIpc) is 2.28. The summed E-state index contributed by atoms with van der Waals surface area (Å²) in [6.45, 7) is 4.72. The molecule has 0 bridgehead atoms. The monoisotopic (exact) mass is 215 g/mol. The molecule has 1 heterocycles. The lowest BCUT2D eigenvalue weighted by Crippen LogP contribution is -2.00. The van der Waals surface area contributed by atoms with E-state index in [0.717, 1.165) is 41.8 Å². The SMILES string of the molecule is Cc1nc2ccc(CCCN)cc2nc1C. The number of aromatic nitrogens is 2. The molecular formula is C13H17N3. The molecule has 2 rings (SSSR count). The first-order valence-corrected chi connectivity index (χ1v) is 5.64. The molecule has 2 N–H and O–H groups in total. The van der Waals surface area contributed by atoms with Gasteiger partial charge >= 0.3 is 0 Å². The third kappa shape index (κ3) is 2.19. The second kappa shape index (κ2) is 4.58. The van der Waals surface area contributed by atoms with E-state index in [9.17, 15) is 0 Å². The lowest BCUT2D eigenvalue weighted by Gasteiger charge is -2.04. The quantitative estimate of drug-likeness (QED) is 0.853. The molecule has 84 valence electrons. The Morgan fingerprint density at radius 2 is 1.75 bits per heavy atom. The zero-order valence-electron chi connectivity index (χ0n) is 9.83. The maximum Gasteiger partial charge on any atom is 0.0892 e. The van der Waals surface area contributed by atoms with Crippen molar-refractivity contribution in [1.29, 1.82) is 0 Å². The first kappa shape index (κ1) is 11.0. The molecule has 0 unspecified atom stereocenters. The molecule has 0 saturated heterocycles. The molecule has 0 atom stereocenters. The summed E-state index contributed by atoms with van der Waals surface area (Å²) in [6, 6.07) is 6.27. The van der Waals surface area contributed by atoms with Gasteiger partial charge in [0.05, 0.1) is 22.4 Å². The summed E-state index contributed by atoms with van der Waals surface area (Å²) in [5, 5.41) is 0.